The first-order chi connectivity index (χ1) is 6.69. The molecule has 14 heavy (non-hydrogen) atoms. The molecule has 80 valence electrons. The van der Waals surface area contributed by atoms with Gasteiger partial charge in [0.1, 0.15) is 6.61 Å². The molecule has 0 fully saturated rings. The minimum absolute atomic E-state index is 0.133. The van der Waals surface area contributed by atoms with E-state index in [4.69, 9.17) is 15.0 Å². The summed E-state index contributed by atoms with van der Waals surface area (Å²) in [4.78, 5) is 4.21. The van der Waals surface area contributed by atoms with Crippen LogP contribution in [-0.2, 0) is 11.3 Å². The van der Waals surface area contributed by atoms with Crippen molar-refractivity contribution in [2.24, 2.45) is 11.7 Å². The van der Waals surface area contributed by atoms with Gasteiger partial charge in [-0.3, -0.25) is 0 Å². The van der Waals surface area contributed by atoms with E-state index in [9.17, 15) is 0 Å². The Bertz CT molecular complexity index is 273. The van der Waals surface area contributed by atoms with Gasteiger partial charge >= 0.3 is 0 Å². The first-order valence-corrected chi connectivity index (χ1v) is 4.70. The van der Waals surface area contributed by atoms with Crippen molar-refractivity contribution in [2.45, 2.75) is 26.4 Å². The molecule has 0 bridgehead atoms. The van der Waals surface area contributed by atoms with Crippen LogP contribution < -0.4 is 5.73 Å². The lowest BCUT2D eigenvalue weighted by molar-refractivity contribution is 0.174. The van der Waals surface area contributed by atoms with Gasteiger partial charge in [0.2, 0.25) is 5.89 Å². The van der Waals surface area contributed by atoms with Gasteiger partial charge in [-0.25, -0.2) is 0 Å². The summed E-state index contributed by atoms with van der Waals surface area (Å²) in [6.07, 6.45) is 0. The van der Waals surface area contributed by atoms with E-state index in [0.29, 0.717) is 30.8 Å². The monoisotopic (exact) mass is 199 g/mol. The molecule has 0 aliphatic heterocycles. The maximum absolute atomic E-state index is 5.63. The molecular formula is C9H17N3O2. The zero-order valence-electron chi connectivity index (χ0n) is 8.86. The summed E-state index contributed by atoms with van der Waals surface area (Å²) >= 11 is 0. The molecule has 0 saturated carbocycles. The highest BCUT2D eigenvalue weighted by Crippen LogP contribution is 2.21. The number of methoxy groups -OCH3 is 1. The zero-order chi connectivity index (χ0) is 10.6. The van der Waals surface area contributed by atoms with Crippen LogP contribution in [0.2, 0.25) is 0 Å². The molecule has 5 heteroatoms. The Morgan fingerprint density at radius 2 is 2.21 bits per heavy atom. The second-order valence-corrected chi connectivity index (χ2v) is 3.57. The lowest BCUT2D eigenvalue weighted by atomic mass is 9.96. The quantitative estimate of drug-likeness (QED) is 0.763. The number of nitrogens with zero attached hydrogens (tertiary/aromatic N) is 2. The third-order valence-corrected chi connectivity index (χ3v) is 2.13. The summed E-state index contributed by atoms with van der Waals surface area (Å²) in [5.41, 5.74) is 5.63. The van der Waals surface area contributed by atoms with E-state index in [2.05, 4.69) is 24.0 Å². The van der Waals surface area contributed by atoms with Crippen LogP contribution in [0.5, 0.6) is 0 Å². The Labute approximate surface area is 83.6 Å². The molecule has 1 atom stereocenters. The van der Waals surface area contributed by atoms with Crippen molar-refractivity contribution < 1.29 is 9.26 Å². The van der Waals surface area contributed by atoms with Crippen molar-refractivity contribution in [2.75, 3.05) is 13.7 Å². The minimum atomic E-state index is 0.133. The van der Waals surface area contributed by atoms with E-state index in [0.717, 1.165) is 0 Å². The molecule has 0 saturated heterocycles. The number of rotatable bonds is 5. The molecule has 0 radical (unpaired) electrons. The summed E-state index contributed by atoms with van der Waals surface area (Å²) < 4.78 is 10.0. The summed E-state index contributed by atoms with van der Waals surface area (Å²) in [5.74, 6) is 1.71. The average Bonchev–Trinajstić information content (AvgIpc) is 2.54. The van der Waals surface area contributed by atoms with Gasteiger partial charge in [0, 0.05) is 13.7 Å². The van der Waals surface area contributed by atoms with E-state index in [1.807, 2.05) is 0 Å². The first kappa shape index (κ1) is 11.1. The molecular weight excluding hydrogens is 182 g/mol. The normalized spacial score (nSPS) is 13.5. The summed E-state index contributed by atoms with van der Waals surface area (Å²) in [5, 5.41) is 3.79. The van der Waals surface area contributed by atoms with E-state index >= 15 is 0 Å². The largest absolute Gasteiger partial charge is 0.377 e. The molecule has 5 nitrogen and oxygen atoms in total. The van der Waals surface area contributed by atoms with Crippen molar-refractivity contribution in [1.82, 2.24) is 10.1 Å². The van der Waals surface area contributed by atoms with Gasteiger partial charge < -0.3 is 15.0 Å². The molecule has 1 unspecified atom stereocenters. The van der Waals surface area contributed by atoms with E-state index in [-0.39, 0.29) is 5.92 Å². The maximum atomic E-state index is 5.63. The van der Waals surface area contributed by atoms with Crippen LogP contribution >= 0.6 is 0 Å². The van der Waals surface area contributed by atoms with Gasteiger partial charge in [-0.05, 0) is 5.92 Å². The topological polar surface area (TPSA) is 74.2 Å². The molecule has 0 aliphatic rings. The molecule has 1 heterocycles. The van der Waals surface area contributed by atoms with Crippen molar-refractivity contribution in [1.29, 1.82) is 0 Å². The van der Waals surface area contributed by atoms with Crippen LogP contribution in [-0.4, -0.2) is 23.8 Å². The average molecular weight is 199 g/mol. The number of nitrogens with two attached hydrogens (primary N) is 1. The van der Waals surface area contributed by atoms with Crippen LogP contribution in [0.4, 0.5) is 0 Å². The lowest BCUT2D eigenvalue weighted by Crippen LogP contribution is -2.18. The fourth-order valence-electron chi connectivity index (χ4n) is 1.26. The second-order valence-electron chi connectivity index (χ2n) is 3.57. The zero-order valence-corrected chi connectivity index (χ0v) is 8.86. The van der Waals surface area contributed by atoms with Gasteiger partial charge in [0.25, 0.3) is 0 Å². The van der Waals surface area contributed by atoms with Gasteiger partial charge in [-0.2, -0.15) is 4.98 Å². The number of hydrogen-bond acceptors (Lipinski definition) is 5. The molecule has 1 aromatic rings. The van der Waals surface area contributed by atoms with Crippen LogP contribution in [0.1, 0.15) is 31.5 Å². The summed E-state index contributed by atoms with van der Waals surface area (Å²) in [6.45, 7) is 5.06. The predicted octanol–water partition coefficient (Wildman–Crippen LogP) is 0.914. The fraction of sp³-hybridized carbons (Fsp3) is 0.778. The molecule has 2 N–H and O–H groups in total. The molecule has 0 amide bonds. The summed E-state index contributed by atoms with van der Waals surface area (Å²) in [7, 11) is 1.60. The SMILES string of the molecule is COCc1noc(C(CN)C(C)C)n1. The molecule has 1 rings (SSSR count). The van der Waals surface area contributed by atoms with Crippen LogP contribution in [0.3, 0.4) is 0 Å². The van der Waals surface area contributed by atoms with Crippen molar-refractivity contribution in [3.63, 3.8) is 0 Å². The number of hydrogen-bond donors (Lipinski definition) is 1. The maximum Gasteiger partial charge on any atom is 0.231 e. The molecule has 0 aromatic carbocycles. The highest BCUT2D eigenvalue weighted by atomic mass is 16.5. The number of aromatic nitrogens is 2. The van der Waals surface area contributed by atoms with E-state index < -0.39 is 0 Å². The van der Waals surface area contributed by atoms with Crippen molar-refractivity contribution in [3.05, 3.63) is 11.7 Å². The standard InChI is InChI=1S/C9H17N3O2/c1-6(2)7(4-10)9-11-8(5-13-3)12-14-9/h6-7H,4-5,10H2,1-3H3. The third kappa shape index (κ3) is 2.52. The Morgan fingerprint density at radius 3 is 2.71 bits per heavy atom. The van der Waals surface area contributed by atoms with E-state index in [1.54, 1.807) is 7.11 Å². The Hall–Kier alpha value is -0.940. The molecule has 1 aromatic heterocycles. The van der Waals surface area contributed by atoms with E-state index in [1.165, 1.54) is 0 Å². The fourth-order valence-corrected chi connectivity index (χ4v) is 1.26. The summed E-state index contributed by atoms with van der Waals surface area (Å²) in [6, 6.07) is 0. The predicted molar refractivity (Wildman–Crippen MR) is 51.6 cm³/mol. The van der Waals surface area contributed by atoms with Gasteiger partial charge in [-0.15, -0.1) is 0 Å². The van der Waals surface area contributed by atoms with Gasteiger partial charge in [0.15, 0.2) is 5.82 Å². The van der Waals surface area contributed by atoms with Crippen LogP contribution in [0, 0.1) is 5.92 Å². The number of ether oxygens (including phenoxy) is 1. The second kappa shape index (κ2) is 5.07. The third-order valence-electron chi connectivity index (χ3n) is 2.13. The van der Waals surface area contributed by atoms with Crippen molar-refractivity contribution >= 4 is 0 Å². The Kier molecular flexibility index (Phi) is 4.03. The van der Waals surface area contributed by atoms with Crippen molar-refractivity contribution in [3.8, 4) is 0 Å². The smallest absolute Gasteiger partial charge is 0.231 e. The van der Waals surface area contributed by atoms with Gasteiger partial charge in [0.05, 0.1) is 5.92 Å². The lowest BCUT2D eigenvalue weighted by Gasteiger charge is -2.13. The molecule has 0 spiro atoms. The minimum Gasteiger partial charge on any atom is -0.377 e. The van der Waals surface area contributed by atoms with Crippen LogP contribution in [0.25, 0.3) is 0 Å². The first-order valence-electron chi connectivity index (χ1n) is 4.70. The Morgan fingerprint density at radius 1 is 1.50 bits per heavy atom. The Balaban J connectivity index is 2.73. The molecule has 0 aliphatic carbocycles. The van der Waals surface area contributed by atoms with Gasteiger partial charge in [-0.1, -0.05) is 19.0 Å². The highest BCUT2D eigenvalue weighted by molar-refractivity contribution is 4.95. The highest BCUT2D eigenvalue weighted by Gasteiger charge is 2.20. The van der Waals surface area contributed by atoms with Crippen LogP contribution in [0.15, 0.2) is 4.52 Å².